The fourth-order valence-electron chi connectivity index (χ4n) is 2.74. The molecule has 4 heteroatoms. The summed E-state index contributed by atoms with van der Waals surface area (Å²) in [5.41, 5.74) is 0.150. The van der Waals surface area contributed by atoms with Crippen LogP contribution in [-0.4, -0.2) is 48.6 Å². The molecular weight excluding hydrogens is 250 g/mol. The molecule has 2 rings (SSSR count). The van der Waals surface area contributed by atoms with Gasteiger partial charge in [0.1, 0.15) is 0 Å². The lowest BCUT2D eigenvalue weighted by Crippen LogP contribution is -2.52. The molecule has 1 saturated heterocycles. The maximum atomic E-state index is 12.0. The van der Waals surface area contributed by atoms with E-state index in [0.717, 1.165) is 25.6 Å². The van der Waals surface area contributed by atoms with E-state index in [0.29, 0.717) is 12.6 Å². The van der Waals surface area contributed by atoms with Crippen LogP contribution in [0.3, 0.4) is 0 Å². The highest BCUT2D eigenvalue weighted by molar-refractivity contribution is 5.78. The first-order chi connectivity index (χ1) is 9.44. The van der Waals surface area contributed by atoms with E-state index in [1.807, 2.05) is 0 Å². The quantitative estimate of drug-likeness (QED) is 0.780. The number of nitrogens with zero attached hydrogens (tertiary/aromatic N) is 1. The topological polar surface area (TPSA) is 44.4 Å². The highest BCUT2D eigenvalue weighted by atomic mass is 16.2. The van der Waals surface area contributed by atoms with Gasteiger partial charge in [-0.3, -0.25) is 9.69 Å². The molecule has 2 N–H and O–H groups in total. The average Bonchev–Trinajstić information content (AvgIpc) is 3.18. The van der Waals surface area contributed by atoms with E-state index in [9.17, 15) is 4.79 Å². The molecule has 1 saturated carbocycles. The smallest absolute Gasteiger partial charge is 0.234 e. The molecule has 4 nitrogen and oxygen atoms in total. The lowest BCUT2D eigenvalue weighted by Gasteiger charge is -2.37. The Hall–Kier alpha value is -0.610. The first-order valence-electron chi connectivity index (χ1n) is 8.20. The van der Waals surface area contributed by atoms with E-state index in [4.69, 9.17) is 0 Å². The van der Waals surface area contributed by atoms with Gasteiger partial charge in [-0.1, -0.05) is 6.42 Å². The van der Waals surface area contributed by atoms with Crippen molar-refractivity contribution < 1.29 is 4.79 Å². The van der Waals surface area contributed by atoms with Gasteiger partial charge in [0.05, 0.1) is 6.54 Å². The van der Waals surface area contributed by atoms with Gasteiger partial charge in [0.2, 0.25) is 5.91 Å². The fourth-order valence-corrected chi connectivity index (χ4v) is 2.74. The molecule has 0 bridgehead atoms. The summed E-state index contributed by atoms with van der Waals surface area (Å²) in [6.45, 7) is 10.1. The lowest BCUT2D eigenvalue weighted by atomic mass is 10.0. The minimum atomic E-state index is 0.150. The van der Waals surface area contributed by atoms with Crippen molar-refractivity contribution in [1.29, 1.82) is 0 Å². The summed E-state index contributed by atoms with van der Waals surface area (Å²) >= 11 is 0. The summed E-state index contributed by atoms with van der Waals surface area (Å²) in [5.74, 6) is 0.971. The molecule has 0 radical (unpaired) electrons. The van der Waals surface area contributed by atoms with E-state index in [-0.39, 0.29) is 11.4 Å². The number of piperidine rings is 1. The molecule has 0 aromatic heterocycles. The van der Waals surface area contributed by atoms with Crippen LogP contribution in [0.4, 0.5) is 0 Å². The second kappa shape index (κ2) is 6.90. The third kappa shape index (κ3) is 5.80. The van der Waals surface area contributed by atoms with Crippen LogP contribution >= 0.6 is 0 Å². The first-order valence-corrected chi connectivity index (χ1v) is 8.20. The van der Waals surface area contributed by atoms with Crippen LogP contribution in [0, 0.1) is 5.92 Å². The largest absolute Gasteiger partial charge is 0.355 e. The summed E-state index contributed by atoms with van der Waals surface area (Å²) < 4.78 is 0. The van der Waals surface area contributed by atoms with Crippen LogP contribution in [-0.2, 0) is 4.79 Å². The molecule has 1 amide bonds. The first kappa shape index (κ1) is 15.8. The number of carbonyl (C=O) groups is 1. The normalized spacial score (nSPS) is 24.6. The van der Waals surface area contributed by atoms with Crippen molar-refractivity contribution in [2.75, 3.05) is 26.2 Å². The predicted octanol–water partition coefficient (Wildman–Crippen LogP) is 1.76. The molecule has 1 heterocycles. The highest BCUT2D eigenvalue weighted by Crippen LogP contribution is 2.27. The van der Waals surface area contributed by atoms with Crippen molar-refractivity contribution >= 4 is 5.91 Å². The molecule has 1 aliphatic carbocycles. The van der Waals surface area contributed by atoms with Gasteiger partial charge in [-0.05, 0) is 58.9 Å². The summed E-state index contributed by atoms with van der Waals surface area (Å²) in [5, 5.41) is 6.67. The number of carbonyl (C=O) groups excluding carboxylic acids is 1. The molecule has 116 valence electrons. The third-order valence-electron chi connectivity index (χ3n) is 4.25. The zero-order valence-electron chi connectivity index (χ0n) is 13.4. The maximum Gasteiger partial charge on any atom is 0.234 e. The SMILES string of the molecule is CC(C)(C)NCC1CCCCN1CC(=O)NCC1CC1. The molecule has 1 aliphatic heterocycles. The fraction of sp³-hybridized carbons (Fsp3) is 0.938. The summed E-state index contributed by atoms with van der Waals surface area (Å²) in [6, 6.07) is 0.509. The lowest BCUT2D eigenvalue weighted by molar-refractivity contribution is -0.123. The van der Waals surface area contributed by atoms with E-state index in [1.54, 1.807) is 0 Å². The van der Waals surface area contributed by atoms with Gasteiger partial charge >= 0.3 is 0 Å². The zero-order chi connectivity index (χ0) is 14.6. The van der Waals surface area contributed by atoms with Crippen LogP contribution in [0.25, 0.3) is 0 Å². The van der Waals surface area contributed by atoms with Gasteiger partial charge in [0, 0.05) is 24.7 Å². The zero-order valence-corrected chi connectivity index (χ0v) is 13.4. The number of hydrogen-bond donors (Lipinski definition) is 2. The number of likely N-dealkylation sites (tertiary alicyclic amines) is 1. The molecule has 0 aromatic carbocycles. The molecule has 1 unspecified atom stereocenters. The van der Waals surface area contributed by atoms with E-state index in [2.05, 4.69) is 36.3 Å². The Morgan fingerprint density at radius 1 is 1.15 bits per heavy atom. The molecule has 2 aliphatic rings. The van der Waals surface area contributed by atoms with Crippen LogP contribution in [0.15, 0.2) is 0 Å². The van der Waals surface area contributed by atoms with Crippen molar-refractivity contribution in [2.24, 2.45) is 5.92 Å². The Balaban J connectivity index is 1.74. The molecule has 1 atom stereocenters. The molecule has 2 fully saturated rings. The van der Waals surface area contributed by atoms with E-state index >= 15 is 0 Å². The third-order valence-corrected chi connectivity index (χ3v) is 4.25. The predicted molar refractivity (Wildman–Crippen MR) is 82.7 cm³/mol. The maximum absolute atomic E-state index is 12.0. The summed E-state index contributed by atoms with van der Waals surface area (Å²) in [4.78, 5) is 14.4. The minimum absolute atomic E-state index is 0.150. The Bertz CT molecular complexity index is 320. The molecule has 0 aromatic rings. The number of hydrogen-bond acceptors (Lipinski definition) is 3. The van der Waals surface area contributed by atoms with E-state index in [1.165, 1.54) is 32.1 Å². The van der Waals surface area contributed by atoms with Crippen molar-refractivity contribution in [3.05, 3.63) is 0 Å². The van der Waals surface area contributed by atoms with Crippen LogP contribution < -0.4 is 10.6 Å². The summed E-state index contributed by atoms with van der Waals surface area (Å²) in [7, 11) is 0. The van der Waals surface area contributed by atoms with Crippen LogP contribution in [0.5, 0.6) is 0 Å². The van der Waals surface area contributed by atoms with Crippen molar-refractivity contribution in [1.82, 2.24) is 15.5 Å². The number of nitrogens with one attached hydrogen (secondary N) is 2. The Morgan fingerprint density at radius 2 is 1.90 bits per heavy atom. The number of amides is 1. The average molecular weight is 281 g/mol. The van der Waals surface area contributed by atoms with Gasteiger partial charge in [0.25, 0.3) is 0 Å². The Morgan fingerprint density at radius 3 is 2.55 bits per heavy atom. The van der Waals surface area contributed by atoms with Crippen LogP contribution in [0.1, 0.15) is 52.9 Å². The number of rotatable bonds is 6. The van der Waals surface area contributed by atoms with Crippen molar-refractivity contribution in [2.45, 2.75) is 64.5 Å². The second-order valence-electron chi connectivity index (χ2n) is 7.50. The monoisotopic (exact) mass is 281 g/mol. The second-order valence-corrected chi connectivity index (χ2v) is 7.50. The standard InChI is InChI=1S/C16H31N3O/c1-16(2,3)18-11-14-6-4-5-9-19(14)12-15(20)17-10-13-7-8-13/h13-14,18H,4-12H2,1-3H3,(H,17,20). The van der Waals surface area contributed by atoms with Gasteiger partial charge in [0.15, 0.2) is 0 Å². The summed E-state index contributed by atoms with van der Waals surface area (Å²) in [6.07, 6.45) is 6.31. The highest BCUT2D eigenvalue weighted by Gasteiger charge is 2.26. The minimum Gasteiger partial charge on any atom is -0.355 e. The van der Waals surface area contributed by atoms with Gasteiger partial charge in [-0.15, -0.1) is 0 Å². The van der Waals surface area contributed by atoms with Gasteiger partial charge in [-0.2, -0.15) is 0 Å². The van der Waals surface area contributed by atoms with Crippen molar-refractivity contribution in [3.63, 3.8) is 0 Å². The van der Waals surface area contributed by atoms with Crippen molar-refractivity contribution in [3.8, 4) is 0 Å². The van der Waals surface area contributed by atoms with Crippen LogP contribution in [0.2, 0.25) is 0 Å². The van der Waals surface area contributed by atoms with Gasteiger partial charge in [-0.25, -0.2) is 0 Å². The Kier molecular flexibility index (Phi) is 5.44. The molecular formula is C16H31N3O. The Labute approximate surface area is 123 Å². The molecule has 0 spiro atoms. The van der Waals surface area contributed by atoms with E-state index < -0.39 is 0 Å². The van der Waals surface area contributed by atoms with Gasteiger partial charge < -0.3 is 10.6 Å². The molecule has 20 heavy (non-hydrogen) atoms.